The number of unbranched alkanes of at least 4 members (excludes halogenated alkanes) is 2. The zero-order chi connectivity index (χ0) is 16.2. The predicted molar refractivity (Wildman–Crippen MR) is 121 cm³/mol. The van der Waals surface area contributed by atoms with Gasteiger partial charge in [-0.15, -0.1) is 24.8 Å². The first-order chi connectivity index (χ1) is 9.83. The minimum atomic E-state index is 0. The van der Waals surface area contributed by atoms with Crippen LogP contribution < -0.4 is 10.6 Å². The van der Waals surface area contributed by atoms with Crippen LogP contribution in [0.15, 0.2) is 0 Å². The van der Waals surface area contributed by atoms with E-state index in [0.29, 0.717) is 0 Å². The summed E-state index contributed by atoms with van der Waals surface area (Å²) in [5, 5.41) is 7.29. The van der Waals surface area contributed by atoms with Crippen LogP contribution >= 0.6 is 56.2 Å². The van der Waals surface area contributed by atoms with Gasteiger partial charge in [0.05, 0.1) is 0 Å². The molecule has 0 unspecified atom stereocenters. The molecule has 0 heterocycles. The highest BCUT2D eigenvalue weighted by Crippen LogP contribution is 2.38. The fourth-order valence-corrected chi connectivity index (χ4v) is 6.38. The monoisotopic (exact) mass is 424 g/mol. The standard InChI is InChI=1S/C16H36N2S3.2ClH/c1-7-9-11-17-15(3,4)13-19-21-20-14-16(5,6)18-12-10-8-2;;/h17-18H,7-14H2,1-6H3;2*1H. The van der Waals surface area contributed by atoms with Gasteiger partial charge in [-0.25, -0.2) is 0 Å². The lowest BCUT2D eigenvalue weighted by Crippen LogP contribution is -2.42. The Morgan fingerprint density at radius 3 is 1.35 bits per heavy atom. The molecule has 7 heteroatoms. The van der Waals surface area contributed by atoms with Crippen molar-refractivity contribution < 1.29 is 0 Å². The van der Waals surface area contributed by atoms with Crippen molar-refractivity contribution in [2.75, 3.05) is 24.6 Å². The van der Waals surface area contributed by atoms with E-state index in [2.05, 4.69) is 52.2 Å². The molecular formula is C16H38Cl2N2S3. The summed E-state index contributed by atoms with van der Waals surface area (Å²) >= 11 is 0. The van der Waals surface area contributed by atoms with Gasteiger partial charge in [0.2, 0.25) is 0 Å². The number of nitrogens with one attached hydrogen (secondary N) is 2. The maximum absolute atomic E-state index is 3.65. The van der Waals surface area contributed by atoms with Gasteiger partial charge in [0, 0.05) is 22.6 Å². The van der Waals surface area contributed by atoms with E-state index in [-0.39, 0.29) is 35.9 Å². The molecule has 0 fully saturated rings. The third-order valence-electron chi connectivity index (χ3n) is 3.20. The molecule has 0 aromatic carbocycles. The molecule has 144 valence electrons. The fraction of sp³-hybridized carbons (Fsp3) is 1.00. The van der Waals surface area contributed by atoms with Gasteiger partial charge < -0.3 is 10.6 Å². The average molecular weight is 426 g/mol. The normalized spacial score (nSPS) is 11.7. The maximum Gasteiger partial charge on any atom is 0.0224 e. The Bertz CT molecular complexity index is 231. The van der Waals surface area contributed by atoms with Gasteiger partial charge in [-0.05, 0) is 63.5 Å². The molecule has 0 radical (unpaired) electrons. The molecule has 0 saturated carbocycles. The van der Waals surface area contributed by atoms with E-state index in [9.17, 15) is 0 Å². The van der Waals surface area contributed by atoms with Crippen molar-refractivity contribution in [1.29, 1.82) is 0 Å². The summed E-state index contributed by atoms with van der Waals surface area (Å²) in [7, 11) is 5.89. The molecule has 0 aliphatic heterocycles. The Balaban J connectivity index is -0.00000200. The van der Waals surface area contributed by atoms with Gasteiger partial charge in [-0.3, -0.25) is 0 Å². The molecule has 0 saturated heterocycles. The largest absolute Gasteiger partial charge is 0.311 e. The highest BCUT2D eigenvalue weighted by molar-refractivity contribution is 9.09. The van der Waals surface area contributed by atoms with Crippen molar-refractivity contribution in [2.24, 2.45) is 0 Å². The van der Waals surface area contributed by atoms with Gasteiger partial charge in [-0.1, -0.05) is 48.3 Å². The molecule has 23 heavy (non-hydrogen) atoms. The van der Waals surface area contributed by atoms with Crippen molar-refractivity contribution in [2.45, 2.75) is 78.3 Å². The molecule has 0 aliphatic carbocycles. The zero-order valence-electron chi connectivity index (χ0n) is 15.7. The maximum atomic E-state index is 3.65. The number of hydrogen-bond donors (Lipinski definition) is 2. The predicted octanol–water partition coefficient (Wildman–Crippen LogP) is 6.20. The zero-order valence-corrected chi connectivity index (χ0v) is 19.8. The van der Waals surface area contributed by atoms with Crippen molar-refractivity contribution in [3.05, 3.63) is 0 Å². The van der Waals surface area contributed by atoms with Crippen LogP contribution in [0.1, 0.15) is 67.2 Å². The SMILES string of the molecule is CCCCNC(C)(C)CSSSCC(C)(C)NCCCC.Cl.Cl. The van der Waals surface area contributed by atoms with Crippen LogP contribution in [-0.2, 0) is 0 Å². The van der Waals surface area contributed by atoms with Gasteiger partial charge in [-0.2, -0.15) is 0 Å². The van der Waals surface area contributed by atoms with Crippen LogP contribution in [0.4, 0.5) is 0 Å². The second-order valence-corrected chi connectivity index (χ2v) is 11.2. The van der Waals surface area contributed by atoms with Gasteiger partial charge in [0.25, 0.3) is 0 Å². The third kappa shape index (κ3) is 19.7. The first kappa shape index (κ1) is 29.3. The lowest BCUT2D eigenvalue weighted by molar-refractivity contribution is 0.429. The minimum Gasteiger partial charge on any atom is -0.311 e. The average Bonchev–Trinajstić information content (AvgIpc) is 2.38. The molecular weight excluding hydrogens is 387 g/mol. The number of halogens is 2. The lowest BCUT2D eigenvalue weighted by Gasteiger charge is -2.27. The molecule has 0 aromatic rings. The van der Waals surface area contributed by atoms with Crippen molar-refractivity contribution in [3.63, 3.8) is 0 Å². The number of rotatable bonds is 14. The summed E-state index contributed by atoms with van der Waals surface area (Å²) in [5.74, 6) is 2.30. The Hall–Kier alpha value is 1.55. The van der Waals surface area contributed by atoms with Crippen LogP contribution in [0.25, 0.3) is 0 Å². The molecule has 0 rings (SSSR count). The summed E-state index contributed by atoms with van der Waals surface area (Å²) in [6.07, 6.45) is 5.07. The van der Waals surface area contributed by atoms with E-state index in [4.69, 9.17) is 0 Å². The van der Waals surface area contributed by atoms with Crippen molar-refractivity contribution in [1.82, 2.24) is 10.6 Å². The fourth-order valence-electron chi connectivity index (χ4n) is 1.69. The van der Waals surface area contributed by atoms with Crippen molar-refractivity contribution >= 4 is 56.2 Å². The van der Waals surface area contributed by atoms with Crippen molar-refractivity contribution in [3.8, 4) is 0 Å². The topological polar surface area (TPSA) is 24.1 Å². The van der Waals surface area contributed by atoms with E-state index in [0.717, 1.165) is 24.6 Å². The van der Waals surface area contributed by atoms with Gasteiger partial charge >= 0.3 is 0 Å². The summed E-state index contributed by atoms with van der Waals surface area (Å²) < 4.78 is 0. The first-order valence-corrected chi connectivity index (χ1v) is 12.1. The van der Waals surface area contributed by atoms with E-state index in [1.54, 1.807) is 0 Å². The summed E-state index contributed by atoms with van der Waals surface area (Å²) in [6, 6.07) is 0. The summed E-state index contributed by atoms with van der Waals surface area (Å²) in [6.45, 7) is 16.0. The first-order valence-electron chi connectivity index (χ1n) is 8.24. The molecule has 0 aliphatic rings. The summed E-state index contributed by atoms with van der Waals surface area (Å²) in [5.41, 5.74) is 0.477. The quantitative estimate of drug-likeness (QED) is 0.255. The number of hydrogen-bond acceptors (Lipinski definition) is 5. The van der Waals surface area contributed by atoms with Crippen LogP contribution in [-0.4, -0.2) is 35.7 Å². The van der Waals surface area contributed by atoms with E-state index >= 15 is 0 Å². The van der Waals surface area contributed by atoms with E-state index in [1.807, 2.05) is 31.4 Å². The van der Waals surface area contributed by atoms with E-state index < -0.39 is 0 Å². The Morgan fingerprint density at radius 1 is 0.696 bits per heavy atom. The minimum absolute atomic E-state index is 0. The highest BCUT2D eigenvalue weighted by Gasteiger charge is 2.19. The van der Waals surface area contributed by atoms with Gasteiger partial charge in [0.15, 0.2) is 0 Å². The molecule has 0 spiro atoms. The molecule has 0 amide bonds. The molecule has 0 atom stereocenters. The highest BCUT2D eigenvalue weighted by atomic mass is 35.5. The molecule has 0 bridgehead atoms. The van der Waals surface area contributed by atoms with Crippen LogP contribution in [0, 0.1) is 0 Å². The van der Waals surface area contributed by atoms with Crippen LogP contribution in [0.5, 0.6) is 0 Å². The third-order valence-corrected chi connectivity index (χ3v) is 8.09. The Labute approximate surface area is 169 Å². The lowest BCUT2D eigenvalue weighted by atomic mass is 10.1. The molecule has 2 nitrogen and oxygen atoms in total. The van der Waals surface area contributed by atoms with Crippen LogP contribution in [0.3, 0.4) is 0 Å². The molecule has 0 aromatic heterocycles. The smallest absolute Gasteiger partial charge is 0.0224 e. The van der Waals surface area contributed by atoms with E-state index in [1.165, 1.54) is 25.7 Å². The molecule has 2 N–H and O–H groups in total. The van der Waals surface area contributed by atoms with Crippen LogP contribution in [0.2, 0.25) is 0 Å². The second-order valence-electron chi connectivity index (χ2n) is 6.92. The van der Waals surface area contributed by atoms with Gasteiger partial charge in [0.1, 0.15) is 0 Å². The Morgan fingerprint density at radius 2 is 1.04 bits per heavy atom. The summed E-state index contributed by atoms with van der Waals surface area (Å²) in [4.78, 5) is 0. The second kappa shape index (κ2) is 17.0. The Kier molecular flexibility index (Phi) is 21.7.